The van der Waals surface area contributed by atoms with Crippen molar-refractivity contribution >= 4 is 6.03 Å². The van der Waals surface area contributed by atoms with E-state index in [0.29, 0.717) is 13.2 Å². The molecule has 2 saturated heterocycles. The topological polar surface area (TPSA) is 50.8 Å². The van der Waals surface area contributed by atoms with Crippen LogP contribution in [0.1, 0.15) is 32.6 Å². The summed E-state index contributed by atoms with van der Waals surface area (Å²) in [5, 5.41) is 3.12. The minimum absolute atomic E-state index is 0.0602. The van der Waals surface area contributed by atoms with Crippen molar-refractivity contribution in [1.29, 1.82) is 0 Å². The molecule has 1 unspecified atom stereocenters. The largest absolute Gasteiger partial charge is 0.347 e. The second kappa shape index (κ2) is 5.74. The molecule has 3 aliphatic rings. The van der Waals surface area contributed by atoms with Gasteiger partial charge in [0.05, 0.1) is 13.2 Å². The number of hydrogen-bond acceptors (Lipinski definition) is 3. The zero-order chi connectivity index (χ0) is 14.0. The Bertz CT molecular complexity index is 383. The minimum atomic E-state index is -0.506. The first kappa shape index (κ1) is 13.9. The summed E-state index contributed by atoms with van der Waals surface area (Å²) in [7, 11) is 0. The molecule has 0 radical (unpaired) electrons. The summed E-state index contributed by atoms with van der Waals surface area (Å²) in [6.45, 7) is 4.88. The molecule has 2 heterocycles. The van der Waals surface area contributed by atoms with Gasteiger partial charge in [0.2, 0.25) is 0 Å². The second-order valence-electron chi connectivity index (χ2n) is 6.09. The Labute approximate surface area is 120 Å². The highest BCUT2D eigenvalue weighted by Crippen LogP contribution is 2.34. The number of rotatable bonds is 2. The predicted octanol–water partition coefficient (Wildman–Crippen LogP) is 1.89. The molecule has 0 spiro atoms. The van der Waals surface area contributed by atoms with Crippen molar-refractivity contribution in [3.8, 4) is 0 Å². The number of ether oxygens (including phenoxy) is 2. The molecule has 1 aliphatic carbocycles. The van der Waals surface area contributed by atoms with E-state index in [1.165, 1.54) is 0 Å². The van der Waals surface area contributed by atoms with Gasteiger partial charge in [0.15, 0.2) is 5.79 Å². The maximum atomic E-state index is 12.3. The van der Waals surface area contributed by atoms with E-state index in [4.69, 9.17) is 9.47 Å². The number of likely N-dealkylation sites (tertiary alicyclic amines) is 1. The van der Waals surface area contributed by atoms with Crippen LogP contribution in [0.3, 0.4) is 0 Å². The lowest BCUT2D eigenvalue weighted by Gasteiger charge is -2.40. The van der Waals surface area contributed by atoms with Gasteiger partial charge in [-0.2, -0.15) is 0 Å². The van der Waals surface area contributed by atoms with Gasteiger partial charge >= 0.3 is 6.03 Å². The van der Waals surface area contributed by atoms with E-state index in [2.05, 4.69) is 17.5 Å². The molecule has 20 heavy (non-hydrogen) atoms. The van der Waals surface area contributed by atoms with Crippen LogP contribution in [0, 0.1) is 5.92 Å². The normalized spacial score (nSPS) is 29.9. The van der Waals surface area contributed by atoms with Gasteiger partial charge in [-0.25, -0.2) is 4.79 Å². The lowest BCUT2D eigenvalue weighted by atomic mass is 9.90. The Morgan fingerprint density at radius 1 is 1.30 bits per heavy atom. The van der Waals surface area contributed by atoms with Crippen molar-refractivity contribution in [2.24, 2.45) is 5.92 Å². The summed E-state index contributed by atoms with van der Waals surface area (Å²) in [6, 6.07) is 0.336. The van der Waals surface area contributed by atoms with Gasteiger partial charge in [-0.1, -0.05) is 12.2 Å². The average molecular weight is 280 g/mol. The van der Waals surface area contributed by atoms with Gasteiger partial charge in [0.25, 0.3) is 0 Å². The summed E-state index contributed by atoms with van der Waals surface area (Å²) >= 11 is 0. The van der Waals surface area contributed by atoms with Crippen LogP contribution in [-0.4, -0.2) is 49.1 Å². The number of hydrogen-bond donors (Lipinski definition) is 1. The number of amides is 2. The number of piperidine rings is 1. The van der Waals surface area contributed by atoms with Crippen LogP contribution in [0.2, 0.25) is 0 Å². The van der Waals surface area contributed by atoms with Gasteiger partial charge < -0.3 is 19.7 Å². The average Bonchev–Trinajstić information content (AvgIpc) is 3.11. The monoisotopic (exact) mass is 280 g/mol. The summed E-state index contributed by atoms with van der Waals surface area (Å²) < 4.78 is 11.5. The zero-order valence-corrected chi connectivity index (χ0v) is 12.1. The molecule has 112 valence electrons. The molecule has 1 N–H and O–H groups in total. The van der Waals surface area contributed by atoms with E-state index < -0.39 is 5.79 Å². The second-order valence-corrected chi connectivity index (χ2v) is 6.09. The first-order valence-corrected chi connectivity index (χ1v) is 7.66. The van der Waals surface area contributed by atoms with Crippen molar-refractivity contribution in [2.75, 3.05) is 26.3 Å². The molecular formula is C15H24N2O3. The van der Waals surface area contributed by atoms with Gasteiger partial charge in [-0.05, 0) is 32.6 Å². The smallest absolute Gasteiger partial charge is 0.317 e. The third-order valence-corrected chi connectivity index (χ3v) is 4.65. The highest BCUT2D eigenvalue weighted by Gasteiger charge is 2.42. The van der Waals surface area contributed by atoms with Crippen molar-refractivity contribution in [1.82, 2.24) is 10.2 Å². The highest BCUT2D eigenvalue weighted by atomic mass is 16.7. The van der Waals surface area contributed by atoms with Crippen LogP contribution in [-0.2, 0) is 9.47 Å². The Morgan fingerprint density at radius 3 is 2.70 bits per heavy atom. The molecule has 2 aliphatic heterocycles. The third-order valence-electron chi connectivity index (χ3n) is 4.65. The first-order chi connectivity index (χ1) is 9.67. The molecule has 0 aromatic heterocycles. The first-order valence-electron chi connectivity index (χ1n) is 7.66. The van der Waals surface area contributed by atoms with Crippen LogP contribution in [0.5, 0.6) is 0 Å². The van der Waals surface area contributed by atoms with Gasteiger partial charge in [0, 0.05) is 25.0 Å². The number of nitrogens with one attached hydrogen (secondary N) is 1. The maximum absolute atomic E-state index is 12.3. The van der Waals surface area contributed by atoms with Crippen LogP contribution < -0.4 is 5.32 Å². The Balaban J connectivity index is 1.55. The maximum Gasteiger partial charge on any atom is 0.317 e. The van der Waals surface area contributed by atoms with Crippen molar-refractivity contribution in [3.63, 3.8) is 0 Å². The molecule has 5 heteroatoms. The van der Waals surface area contributed by atoms with E-state index in [9.17, 15) is 4.79 Å². The summed E-state index contributed by atoms with van der Waals surface area (Å²) in [6.07, 6.45) is 8.24. The van der Waals surface area contributed by atoms with Gasteiger partial charge in [-0.15, -0.1) is 0 Å². The molecular weight excluding hydrogens is 256 g/mol. The Hall–Kier alpha value is -1.07. The van der Waals surface area contributed by atoms with Gasteiger partial charge in [-0.3, -0.25) is 0 Å². The predicted molar refractivity (Wildman–Crippen MR) is 75.3 cm³/mol. The van der Waals surface area contributed by atoms with Crippen LogP contribution in [0.25, 0.3) is 0 Å². The lowest BCUT2D eigenvalue weighted by Crippen LogP contribution is -2.52. The fourth-order valence-electron chi connectivity index (χ4n) is 3.36. The van der Waals surface area contributed by atoms with Crippen molar-refractivity contribution in [3.05, 3.63) is 12.2 Å². The minimum Gasteiger partial charge on any atom is -0.347 e. The van der Waals surface area contributed by atoms with E-state index in [-0.39, 0.29) is 18.0 Å². The molecule has 0 aromatic rings. The molecule has 2 amide bonds. The van der Waals surface area contributed by atoms with E-state index in [1.54, 1.807) is 0 Å². The third kappa shape index (κ3) is 2.83. The van der Waals surface area contributed by atoms with E-state index >= 15 is 0 Å². The number of carbonyl (C=O) groups is 1. The van der Waals surface area contributed by atoms with Crippen molar-refractivity contribution in [2.45, 2.75) is 44.4 Å². The number of urea groups is 1. The molecule has 1 atom stereocenters. The molecule has 0 aromatic carbocycles. The fraction of sp³-hybridized carbons (Fsp3) is 0.800. The lowest BCUT2D eigenvalue weighted by molar-refractivity contribution is -0.189. The fourth-order valence-corrected chi connectivity index (χ4v) is 3.36. The van der Waals surface area contributed by atoms with E-state index in [1.807, 2.05) is 11.8 Å². The standard InChI is InChI=1S/C15H24N2O3/c1-15(19-9-10-20-15)12-5-4-8-17(11-12)14(18)16-13-6-2-3-7-13/h2-3,12-13H,4-11H2,1H3,(H,16,18). The zero-order valence-electron chi connectivity index (χ0n) is 12.1. The quantitative estimate of drug-likeness (QED) is 0.786. The van der Waals surface area contributed by atoms with Crippen molar-refractivity contribution < 1.29 is 14.3 Å². The molecule has 0 saturated carbocycles. The molecule has 3 rings (SSSR count). The van der Waals surface area contributed by atoms with Crippen LogP contribution in [0.4, 0.5) is 4.79 Å². The van der Waals surface area contributed by atoms with Crippen LogP contribution in [0.15, 0.2) is 12.2 Å². The molecule has 5 nitrogen and oxygen atoms in total. The Morgan fingerprint density at radius 2 is 2.00 bits per heavy atom. The number of carbonyl (C=O) groups excluding carboxylic acids is 1. The molecule has 2 fully saturated rings. The van der Waals surface area contributed by atoms with E-state index in [0.717, 1.165) is 38.8 Å². The summed E-state index contributed by atoms with van der Waals surface area (Å²) in [5.41, 5.74) is 0. The van der Waals surface area contributed by atoms with Crippen LogP contribution >= 0.6 is 0 Å². The highest BCUT2D eigenvalue weighted by molar-refractivity contribution is 5.74. The number of nitrogens with zero attached hydrogens (tertiary/aromatic N) is 1. The summed E-state index contributed by atoms with van der Waals surface area (Å²) in [5.74, 6) is -0.236. The summed E-state index contributed by atoms with van der Waals surface area (Å²) in [4.78, 5) is 14.2. The Kier molecular flexibility index (Phi) is 3.98. The SMILES string of the molecule is CC1(C2CCCN(C(=O)NC3CC=CC3)C2)OCCO1. The van der Waals surface area contributed by atoms with Gasteiger partial charge in [0.1, 0.15) is 0 Å². The molecule has 0 bridgehead atoms.